The highest BCUT2D eigenvalue weighted by atomic mass is 16.5. The maximum Gasteiger partial charge on any atom is 0.251 e. The highest BCUT2D eigenvalue weighted by molar-refractivity contribution is 5.80. The summed E-state index contributed by atoms with van der Waals surface area (Å²) in [5.41, 5.74) is -0.158. The van der Waals surface area contributed by atoms with Gasteiger partial charge in [0.1, 0.15) is 11.4 Å². The number of β-amino-alcohol motifs (C(OH)–C–C–N with tert-alkyl or cyclic N) is 1. The fraction of sp³-hybridized carbons (Fsp3) is 0.357. The van der Waals surface area contributed by atoms with Gasteiger partial charge in [-0.25, -0.2) is 0 Å². The summed E-state index contributed by atoms with van der Waals surface area (Å²) in [6.07, 6.45) is 0. The number of nitrogens with zero attached hydrogens (tertiary/aromatic N) is 1. The Morgan fingerprint density at radius 2 is 2.11 bits per heavy atom. The first-order valence-corrected chi connectivity index (χ1v) is 6.22. The minimum absolute atomic E-state index is 0.110. The number of fused-ring (bicyclic) bond motifs is 1. The molecule has 1 saturated heterocycles. The summed E-state index contributed by atoms with van der Waals surface area (Å²) in [7, 11) is 1.59. The summed E-state index contributed by atoms with van der Waals surface area (Å²) in [4.78, 5) is 12.0. The van der Waals surface area contributed by atoms with Crippen molar-refractivity contribution in [1.82, 2.24) is 9.88 Å². The zero-order valence-electron chi connectivity index (χ0n) is 10.7. The fourth-order valence-corrected chi connectivity index (χ4v) is 2.38. The van der Waals surface area contributed by atoms with E-state index < -0.39 is 5.60 Å². The maximum absolute atomic E-state index is 12.0. The fourth-order valence-electron chi connectivity index (χ4n) is 2.38. The van der Waals surface area contributed by atoms with Crippen molar-refractivity contribution < 1.29 is 9.84 Å². The van der Waals surface area contributed by atoms with Gasteiger partial charge >= 0.3 is 0 Å². The molecule has 2 heterocycles. The van der Waals surface area contributed by atoms with Gasteiger partial charge in [0.15, 0.2) is 0 Å². The number of hydrogen-bond donors (Lipinski definition) is 2. The van der Waals surface area contributed by atoms with E-state index in [1.54, 1.807) is 17.7 Å². The van der Waals surface area contributed by atoms with Gasteiger partial charge in [-0.1, -0.05) is 0 Å². The van der Waals surface area contributed by atoms with Gasteiger partial charge in [-0.15, -0.1) is 0 Å². The van der Waals surface area contributed by atoms with Crippen LogP contribution in [0.2, 0.25) is 0 Å². The van der Waals surface area contributed by atoms with Crippen molar-refractivity contribution in [2.24, 2.45) is 0 Å². The zero-order valence-corrected chi connectivity index (χ0v) is 10.7. The van der Waals surface area contributed by atoms with Crippen molar-refractivity contribution >= 4 is 10.9 Å². The summed E-state index contributed by atoms with van der Waals surface area (Å²) >= 11 is 0. The van der Waals surface area contributed by atoms with Crippen LogP contribution in [0.4, 0.5) is 0 Å². The van der Waals surface area contributed by atoms with Crippen molar-refractivity contribution in [3.05, 3.63) is 40.7 Å². The highest BCUT2D eigenvalue weighted by Gasteiger charge is 2.35. The molecule has 3 rings (SSSR count). The minimum Gasteiger partial charge on any atom is -0.497 e. The van der Waals surface area contributed by atoms with Crippen LogP contribution in [0.3, 0.4) is 0 Å². The van der Waals surface area contributed by atoms with E-state index >= 15 is 0 Å². The average molecular weight is 260 g/mol. The van der Waals surface area contributed by atoms with E-state index in [0.717, 1.165) is 10.9 Å². The third-order valence-corrected chi connectivity index (χ3v) is 3.56. The Morgan fingerprint density at radius 1 is 1.37 bits per heavy atom. The van der Waals surface area contributed by atoms with Gasteiger partial charge in [0.2, 0.25) is 0 Å². The van der Waals surface area contributed by atoms with Gasteiger partial charge in [-0.05, 0) is 23.6 Å². The van der Waals surface area contributed by atoms with Crippen molar-refractivity contribution in [2.75, 3.05) is 20.2 Å². The topological polar surface area (TPSA) is 63.5 Å². The first kappa shape index (κ1) is 12.2. The van der Waals surface area contributed by atoms with E-state index in [9.17, 15) is 9.90 Å². The molecule has 1 aliphatic rings. The summed E-state index contributed by atoms with van der Waals surface area (Å²) < 4.78 is 6.81. The Hall–Kier alpha value is -1.85. The van der Waals surface area contributed by atoms with Gasteiger partial charge in [0.05, 0.1) is 19.2 Å². The molecule has 1 aliphatic heterocycles. The predicted octanol–water partition coefficient (Wildman–Crippen LogP) is 0.344. The number of aliphatic hydroxyl groups is 1. The average Bonchev–Trinajstić information content (AvgIpc) is 2.39. The Labute approximate surface area is 110 Å². The lowest BCUT2D eigenvalue weighted by Gasteiger charge is -2.38. The molecule has 2 aromatic rings. The standard InChI is InChI=1S/C14H16N2O3/c1-19-11-4-2-10-3-5-13(17)16(12(10)6-11)9-14(18)7-15-8-14/h2-6,15,18H,7-9H2,1H3. The molecule has 0 bridgehead atoms. The molecule has 19 heavy (non-hydrogen) atoms. The van der Waals surface area contributed by atoms with E-state index in [4.69, 9.17) is 4.74 Å². The Morgan fingerprint density at radius 3 is 2.74 bits per heavy atom. The monoisotopic (exact) mass is 260 g/mol. The molecule has 100 valence electrons. The van der Waals surface area contributed by atoms with Crippen LogP contribution in [0.1, 0.15) is 0 Å². The van der Waals surface area contributed by atoms with Crippen molar-refractivity contribution in [1.29, 1.82) is 0 Å². The normalized spacial score (nSPS) is 17.2. The quantitative estimate of drug-likeness (QED) is 0.835. The van der Waals surface area contributed by atoms with Crippen LogP contribution in [0.5, 0.6) is 5.75 Å². The lowest BCUT2D eigenvalue weighted by atomic mass is 9.97. The van der Waals surface area contributed by atoms with Crippen LogP contribution in [0, 0.1) is 0 Å². The van der Waals surface area contributed by atoms with E-state index in [1.807, 2.05) is 18.2 Å². The van der Waals surface area contributed by atoms with Crippen LogP contribution in [0.15, 0.2) is 35.1 Å². The number of methoxy groups -OCH3 is 1. The van der Waals surface area contributed by atoms with Crippen LogP contribution >= 0.6 is 0 Å². The first-order valence-electron chi connectivity index (χ1n) is 6.22. The maximum atomic E-state index is 12.0. The Balaban J connectivity index is 2.14. The second-order valence-corrected chi connectivity index (χ2v) is 5.01. The summed E-state index contributed by atoms with van der Waals surface area (Å²) in [5, 5.41) is 14.2. The SMILES string of the molecule is COc1ccc2ccc(=O)n(CC3(O)CNC3)c2c1. The zero-order chi connectivity index (χ0) is 13.5. The summed E-state index contributed by atoms with van der Waals surface area (Å²) in [6, 6.07) is 8.91. The smallest absolute Gasteiger partial charge is 0.251 e. The third-order valence-electron chi connectivity index (χ3n) is 3.56. The van der Waals surface area contributed by atoms with E-state index in [1.165, 1.54) is 6.07 Å². The molecule has 0 spiro atoms. The number of hydrogen-bond acceptors (Lipinski definition) is 4. The molecule has 0 saturated carbocycles. The predicted molar refractivity (Wildman–Crippen MR) is 72.6 cm³/mol. The molecule has 0 radical (unpaired) electrons. The number of benzene rings is 1. The lowest BCUT2D eigenvalue weighted by molar-refractivity contribution is -0.0243. The summed E-state index contributed by atoms with van der Waals surface area (Å²) in [5.74, 6) is 0.700. The number of ether oxygens (including phenoxy) is 1. The van der Waals surface area contributed by atoms with Gasteiger partial charge in [0.25, 0.3) is 5.56 Å². The van der Waals surface area contributed by atoms with E-state index in [2.05, 4.69) is 5.32 Å². The van der Waals surface area contributed by atoms with Crippen LogP contribution in [0.25, 0.3) is 10.9 Å². The molecular weight excluding hydrogens is 244 g/mol. The molecule has 0 unspecified atom stereocenters. The number of pyridine rings is 1. The Kier molecular flexibility index (Phi) is 2.80. The second kappa shape index (κ2) is 4.36. The van der Waals surface area contributed by atoms with Crippen molar-refractivity contribution in [3.63, 3.8) is 0 Å². The largest absolute Gasteiger partial charge is 0.497 e. The molecule has 0 aliphatic carbocycles. The van der Waals surface area contributed by atoms with Gasteiger partial charge in [0, 0.05) is 25.2 Å². The van der Waals surface area contributed by atoms with Crippen molar-refractivity contribution in [2.45, 2.75) is 12.1 Å². The minimum atomic E-state index is -0.832. The molecule has 0 atom stereocenters. The highest BCUT2D eigenvalue weighted by Crippen LogP contribution is 2.21. The first-order chi connectivity index (χ1) is 9.11. The number of aromatic nitrogens is 1. The van der Waals surface area contributed by atoms with Crippen LogP contribution < -0.4 is 15.6 Å². The van der Waals surface area contributed by atoms with Gasteiger partial charge < -0.3 is 19.7 Å². The number of rotatable bonds is 3. The van der Waals surface area contributed by atoms with Crippen LogP contribution in [-0.4, -0.2) is 35.5 Å². The molecule has 5 nitrogen and oxygen atoms in total. The Bertz CT molecular complexity index is 674. The molecule has 5 heteroatoms. The lowest BCUT2D eigenvalue weighted by Crippen LogP contribution is -2.62. The molecule has 2 N–H and O–H groups in total. The molecular formula is C14H16N2O3. The summed E-state index contributed by atoms with van der Waals surface area (Å²) in [6.45, 7) is 1.32. The molecule has 1 aromatic heterocycles. The molecule has 1 aromatic carbocycles. The van der Waals surface area contributed by atoms with E-state index in [-0.39, 0.29) is 5.56 Å². The van der Waals surface area contributed by atoms with E-state index in [0.29, 0.717) is 25.4 Å². The van der Waals surface area contributed by atoms with Crippen molar-refractivity contribution in [3.8, 4) is 5.75 Å². The van der Waals surface area contributed by atoms with Gasteiger partial charge in [-0.2, -0.15) is 0 Å². The third kappa shape index (κ3) is 2.11. The molecule has 0 amide bonds. The van der Waals surface area contributed by atoms with Crippen LogP contribution in [-0.2, 0) is 6.54 Å². The number of nitrogens with one attached hydrogen (secondary N) is 1. The second-order valence-electron chi connectivity index (χ2n) is 5.01. The molecule has 1 fully saturated rings. The van der Waals surface area contributed by atoms with Gasteiger partial charge in [-0.3, -0.25) is 4.79 Å².